The van der Waals surface area contributed by atoms with Crippen LogP contribution in [0.5, 0.6) is 0 Å². The van der Waals surface area contributed by atoms with Gasteiger partial charge < -0.3 is 10.1 Å². The Bertz CT molecular complexity index is 690. The minimum Gasteiger partial charge on any atom is -0.466 e. The van der Waals surface area contributed by atoms with E-state index in [9.17, 15) is 9.59 Å². The summed E-state index contributed by atoms with van der Waals surface area (Å²) < 4.78 is 4.94. The van der Waals surface area contributed by atoms with Crippen molar-refractivity contribution < 1.29 is 14.3 Å². The summed E-state index contributed by atoms with van der Waals surface area (Å²) in [7, 11) is 0. The van der Waals surface area contributed by atoms with Crippen molar-refractivity contribution in [2.24, 2.45) is 17.3 Å². The van der Waals surface area contributed by atoms with E-state index in [4.69, 9.17) is 16.3 Å². The third-order valence-corrected chi connectivity index (χ3v) is 7.12. The summed E-state index contributed by atoms with van der Waals surface area (Å²) in [4.78, 5) is 28.8. The fourth-order valence-corrected chi connectivity index (χ4v) is 6.85. The Morgan fingerprint density at radius 3 is 2.72 bits per heavy atom. The van der Waals surface area contributed by atoms with Gasteiger partial charge in [0.2, 0.25) is 5.91 Å². The molecule has 4 aliphatic rings. The fourth-order valence-electron chi connectivity index (χ4n) is 5.45. The Morgan fingerprint density at radius 2 is 2.08 bits per heavy atom. The Hall–Kier alpha value is -1.14. The number of carbonyl (C=O) groups is 2. The summed E-state index contributed by atoms with van der Waals surface area (Å²) >= 11 is 8.17. The quantitative estimate of drug-likeness (QED) is 0.621. The molecule has 2 atom stereocenters. The monoisotopic (exact) mass is 382 g/mol. The molecule has 1 aromatic rings. The number of halogens is 1. The minimum atomic E-state index is -0.335. The molecule has 25 heavy (non-hydrogen) atoms. The highest BCUT2D eigenvalue weighted by Gasteiger charge is 2.60. The number of carbonyl (C=O) groups excluding carboxylic acids is 2. The third-order valence-electron chi connectivity index (χ3n) is 5.87. The maximum atomic E-state index is 13.0. The van der Waals surface area contributed by atoms with E-state index >= 15 is 0 Å². The van der Waals surface area contributed by atoms with E-state index in [0.717, 1.165) is 32.1 Å². The van der Waals surface area contributed by atoms with Crippen LogP contribution in [0.15, 0.2) is 5.38 Å². The van der Waals surface area contributed by atoms with E-state index in [-0.39, 0.29) is 28.6 Å². The van der Waals surface area contributed by atoms with Crippen molar-refractivity contribution in [1.29, 1.82) is 0 Å². The number of rotatable bonds is 5. The molecule has 0 aliphatic heterocycles. The van der Waals surface area contributed by atoms with E-state index in [0.29, 0.717) is 29.3 Å². The largest absolute Gasteiger partial charge is 0.466 e. The van der Waals surface area contributed by atoms with Crippen LogP contribution in [-0.4, -0.2) is 28.3 Å². The number of thiazole rings is 1. The van der Waals surface area contributed by atoms with Crippen molar-refractivity contribution in [3.63, 3.8) is 0 Å². The normalized spacial score (nSPS) is 35.6. The van der Waals surface area contributed by atoms with Gasteiger partial charge in [0, 0.05) is 10.3 Å². The summed E-state index contributed by atoms with van der Waals surface area (Å²) in [5.41, 5.74) is 0.303. The van der Waals surface area contributed by atoms with E-state index in [2.05, 4.69) is 10.3 Å². The number of amides is 1. The molecular formula is C18H23ClN2O3S. The standard InChI is InChI=1S/C18H23ClN2O3S/c1-2-24-14(22)4-13-9-25-16(20-13)21-15(23)17-5-11-3-12(6-17)8-18(19,7-11)10-17/h9,11-12H,2-8,10H2,1H3,(H,20,21,23). The molecule has 4 aliphatic carbocycles. The average molecular weight is 383 g/mol. The molecule has 5 nitrogen and oxygen atoms in total. The fraction of sp³-hybridized carbons (Fsp3) is 0.722. The van der Waals surface area contributed by atoms with Crippen LogP contribution in [0, 0.1) is 17.3 Å². The third kappa shape index (κ3) is 3.31. The first kappa shape index (κ1) is 17.3. The summed E-state index contributed by atoms with van der Waals surface area (Å²) in [5, 5.41) is 5.36. The van der Waals surface area contributed by atoms with E-state index in [1.54, 1.807) is 12.3 Å². The molecule has 1 amide bonds. The van der Waals surface area contributed by atoms with Crippen molar-refractivity contribution in [2.75, 3.05) is 11.9 Å². The molecular weight excluding hydrogens is 360 g/mol. The van der Waals surface area contributed by atoms with Crippen LogP contribution in [0.1, 0.15) is 51.1 Å². The first-order valence-electron chi connectivity index (χ1n) is 9.00. The van der Waals surface area contributed by atoms with Crippen LogP contribution in [-0.2, 0) is 20.7 Å². The van der Waals surface area contributed by atoms with Gasteiger partial charge in [-0.15, -0.1) is 22.9 Å². The minimum absolute atomic E-state index is 0.0589. The number of esters is 1. The number of anilines is 1. The van der Waals surface area contributed by atoms with Crippen LogP contribution < -0.4 is 5.32 Å². The first-order valence-corrected chi connectivity index (χ1v) is 10.3. The van der Waals surface area contributed by atoms with E-state index in [1.807, 2.05) is 0 Å². The predicted molar refractivity (Wildman–Crippen MR) is 96.8 cm³/mol. The molecule has 4 bridgehead atoms. The Kier molecular flexibility index (Phi) is 4.31. The molecule has 1 N–H and O–H groups in total. The molecule has 136 valence electrons. The zero-order valence-corrected chi connectivity index (χ0v) is 15.9. The molecule has 7 heteroatoms. The van der Waals surface area contributed by atoms with Crippen LogP contribution in [0.25, 0.3) is 0 Å². The topological polar surface area (TPSA) is 68.3 Å². The van der Waals surface area contributed by atoms with Gasteiger partial charge in [-0.2, -0.15) is 0 Å². The van der Waals surface area contributed by atoms with Gasteiger partial charge in [-0.3, -0.25) is 9.59 Å². The molecule has 0 saturated heterocycles. The number of hydrogen-bond donors (Lipinski definition) is 1. The maximum Gasteiger partial charge on any atom is 0.311 e. The number of nitrogens with one attached hydrogen (secondary N) is 1. The Morgan fingerprint density at radius 1 is 1.36 bits per heavy atom. The molecule has 1 aromatic heterocycles. The van der Waals surface area contributed by atoms with Crippen molar-refractivity contribution in [2.45, 2.75) is 56.7 Å². The summed E-state index contributed by atoms with van der Waals surface area (Å²) in [6.45, 7) is 2.14. The lowest BCUT2D eigenvalue weighted by Crippen LogP contribution is -2.57. The number of aromatic nitrogens is 1. The molecule has 1 heterocycles. The lowest BCUT2D eigenvalue weighted by atomic mass is 9.49. The summed E-state index contributed by atoms with van der Waals surface area (Å²) in [6.07, 6.45) is 6.16. The van der Waals surface area contributed by atoms with Gasteiger partial charge in [0.15, 0.2) is 5.13 Å². The van der Waals surface area contributed by atoms with Gasteiger partial charge in [0.1, 0.15) is 0 Å². The van der Waals surface area contributed by atoms with Crippen molar-refractivity contribution in [3.05, 3.63) is 11.1 Å². The summed E-state index contributed by atoms with van der Waals surface area (Å²) in [5.74, 6) is 0.930. The van der Waals surface area contributed by atoms with Crippen LogP contribution in [0.2, 0.25) is 0 Å². The zero-order chi connectivity index (χ0) is 17.7. The lowest BCUT2D eigenvalue weighted by molar-refractivity contribution is -0.142. The molecule has 0 radical (unpaired) electrons. The highest BCUT2D eigenvalue weighted by molar-refractivity contribution is 7.13. The highest BCUT2D eigenvalue weighted by Crippen LogP contribution is 2.64. The smallest absolute Gasteiger partial charge is 0.311 e. The first-order chi connectivity index (χ1) is 11.9. The van der Waals surface area contributed by atoms with Crippen LogP contribution >= 0.6 is 22.9 Å². The Balaban J connectivity index is 1.44. The molecule has 4 fully saturated rings. The van der Waals surface area contributed by atoms with Gasteiger partial charge in [0.25, 0.3) is 0 Å². The number of hydrogen-bond acceptors (Lipinski definition) is 5. The maximum absolute atomic E-state index is 13.0. The Labute approximate surface area is 156 Å². The number of ether oxygens (including phenoxy) is 1. The molecule has 0 aromatic carbocycles. The van der Waals surface area contributed by atoms with Crippen LogP contribution in [0.3, 0.4) is 0 Å². The van der Waals surface area contributed by atoms with Gasteiger partial charge in [-0.25, -0.2) is 4.98 Å². The van der Waals surface area contributed by atoms with E-state index < -0.39 is 0 Å². The van der Waals surface area contributed by atoms with Gasteiger partial charge in [0.05, 0.1) is 24.1 Å². The van der Waals surface area contributed by atoms with E-state index in [1.165, 1.54) is 17.8 Å². The average Bonchev–Trinajstić information content (AvgIpc) is 2.91. The number of nitrogens with zero attached hydrogens (tertiary/aromatic N) is 1. The lowest BCUT2D eigenvalue weighted by Gasteiger charge is -2.59. The second kappa shape index (κ2) is 6.23. The van der Waals surface area contributed by atoms with Gasteiger partial charge in [-0.05, 0) is 57.3 Å². The highest BCUT2D eigenvalue weighted by atomic mass is 35.5. The van der Waals surface area contributed by atoms with Crippen molar-refractivity contribution in [1.82, 2.24) is 4.98 Å². The SMILES string of the molecule is CCOC(=O)Cc1csc(NC(=O)C23CC4CC(CC(Cl)(C4)C2)C3)n1. The molecule has 2 unspecified atom stereocenters. The zero-order valence-electron chi connectivity index (χ0n) is 14.3. The van der Waals surface area contributed by atoms with Gasteiger partial charge >= 0.3 is 5.97 Å². The summed E-state index contributed by atoms with van der Waals surface area (Å²) in [6, 6.07) is 0. The molecule has 5 rings (SSSR count). The van der Waals surface area contributed by atoms with Gasteiger partial charge in [-0.1, -0.05) is 0 Å². The number of alkyl halides is 1. The molecule has 0 spiro atoms. The second-order valence-electron chi connectivity index (χ2n) is 7.97. The predicted octanol–water partition coefficient (Wildman–Crippen LogP) is 3.77. The van der Waals surface area contributed by atoms with Crippen LogP contribution in [0.4, 0.5) is 5.13 Å². The molecule has 4 saturated carbocycles. The second-order valence-corrected chi connectivity index (χ2v) is 9.63. The van der Waals surface area contributed by atoms with Crippen molar-refractivity contribution in [3.8, 4) is 0 Å². The van der Waals surface area contributed by atoms with Crippen molar-refractivity contribution >= 4 is 39.9 Å².